The molecule has 0 aliphatic heterocycles. The molecule has 2 rings (SSSR count). The fourth-order valence-corrected chi connectivity index (χ4v) is 3.91. The van der Waals surface area contributed by atoms with Crippen molar-refractivity contribution in [2.24, 2.45) is 0 Å². The Bertz CT molecular complexity index is 264. The molecular formula is C19H37NO. The van der Waals surface area contributed by atoms with Gasteiger partial charge in [-0.1, -0.05) is 64.7 Å². The van der Waals surface area contributed by atoms with Crippen LogP contribution in [0.5, 0.6) is 0 Å². The van der Waals surface area contributed by atoms with Gasteiger partial charge in [0.1, 0.15) is 0 Å². The summed E-state index contributed by atoms with van der Waals surface area (Å²) in [6.45, 7) is 3.49. The van der Waals surface area contributed by atoms with E-state index in [9.17, 15) is 5.11 Å². The standard InChI is InChI=1S/C19H37NO/c1-2-3-16-20(17-14-15-17)18-12-10-8-6-4-5-7-9-11-13-19(18)21/h17-19,21H,2-16H2,1H3. The monoisotopic (exact) mass is 295 g/mol. The van der Waals surface area contributed by atoms with E-state index in [1.54, 1.807) is 0 Å². The number of hydrogen-bond acceptors (Lipinski definition) is 2. The van der Waals surface area contributed by atoms with E-state index >= 15 is 0 Å². The molecular weight excluding hydrogens is 258 g/mol. The van der Waals surface area contributed by atoms with E-state index in [1.807, 2.05) is 0 Å². The second kappa shape index (κ2) is 9.84. The lowest BCUT2D eigenvalue weighted by Crippen LogP contribution is -2.45. The predicted octanol–water partition coefficient (Wildman–Crippen LogP) is 4.90. The molecule has 2 saturated carbocycles. The minimum absolute atomic E-state index is 0.0816. The number of nitrogens with zero attached hydrogens (tertiary/aromatic N) is 1. The van der Waals surface area contributed by atoms with Gasteiger partial charge in [0.25, 0.3) is 0 Å². The molecule has 2 heteroatoms. The van der Waals surface area contributed by atoms with Gasteiger partial charge in [0, 0.05) is 12.1 Å². The molecule has 21 heavy (non-hydrogen) atoms. The maximum atomic E-state index is 10.8. The summed E-state index contributed by atoms with van der Waals surface area (Å²) < 4.78 is 0. The molecule has 1 N–H and O–H groups in total. The highest BCUT2D eigenvalue weighted by molar-refractivity contribution is 4.91. The molecule has 0 bridgehead atoms. The smallest absolute Gasteiger partial charge is 0.0695 e. The number of aliphatic hydroxyl groups excluding tert-OH is 1. The van der Waals surface area contributed by atoms with Crippen molar-refractivity contribution >= 4 is 0 Å². The minimum Gasteiger partial charge on any atom is -0.391 e. The third-order valence-corrected chi connectivity index (χ3v) is 5.41. The molecule has 0 aromatic rings. The van der Waals surface area contributed by atoms with E-state index in [-0.39, 0.29) is 6.10 Å². The second-order valence-corrected chi connectivity index (χ2v) is 7.36. The Balaban J connectivity index is 1.91. The summed E-state index contributed by atoms with van der Waals surface area (Å²) in [5, 5.41) is 10.8. The van der Waals surface area contributed by atoms with Crippen molar-refractivity contribution < 1.29 is 5.11 Å². The molecule has 2 atom stereocenters. The first-order chi connectivity index (χ1) is 10.3. The zero-order chi connectivity index (χ0) is 14.9. The number of hydrogen-bond donors (Lipinski definition) is 1. The van der Waals surface area contributed by atoms with E-state index in [1.165, 1.54) is 90.0 Å². The van der Waals surface area contributed by atoms with Crippen LogP contribution in [0.2, 0.25) is 0 Å². The lowest BCUT2D eigenvalue weighted by Gasteiger charge is -2.35. The molecule has 2 fully saturated rings. The summed E-state index contributed by atoms with van der Waals surface area (Å²) in [6, 6.07) is 1.24. The molecule has 0 saturated heterocycles. The first-order valence-electron chi connectivity index (χ1n) is 9.76. The molecule has 0 aromatic carbocycles. The van der Waals surface area contributed by atoms with Crippen LogP contribution in [0.15, 0.2) is 0 Å². The summed E-state index contributed by atoms with van der Waals surface area (Å²) in [5.74, 6) is 0. The van der Waals surface area contributed by atoms with E-state index in [0.717, 1.165) is 12.5 Å². The molecule has 0 amide bonds. The van der Waals surface area contributed by atoms with Crippen LogP contribution >= 0.6 is 0 Å². The van der Waals surface area contributed by atoms with Crippen molar-refractivity contribution in [1.29, 1.82) is 0 Å². The van der Waals surface area contributed by atoms with Crippen LogP contribution < -0.4 is 0 Å². The Kier molecular flexibility index (Phi) is 8.10. The topological polar surface area (TPSA) is 23.5 Å². The van der Waals surface area contributed by atoms with Gasteiger partial charge in [0.15, 0.2) is 0 Å². The lowest BCUT2D eigenvalue weighted by molar-refractivity contribution is 0.0297. The van der Waals surface area contributed by atoms with E-state index < -0.39 is 0 Å². The van der Waals surface area contributed by atoms with Crippen molar-refractivity contribution in [2.75, 3.05) is 6.54 Å². The molecule has 0 aromatic heterocycles. The van der Waals surface area contributed by atoms with Gasteiger partial charge >= 0.3 is 0 Å². The maximum absolute atomic E-state index is 10.8. The molecule has 2 nitrogen and oxygen atoms in total. The molecule has 2 aliphatic rings. The average Bonchev–Trinajstić information content (AvgIpc) is 3.30. The fraction of sp³-hybridized carbons (Fsp3) is 1.00. The van der Waals surface area contributed by atoms with Gasteiger partial charge < -0.3 is 5.11 Å². The first kappa shape index (κ1) is 17.3. The zero-order valence-electron chi connectivity index (χ0n) is 14.2. The van der Waals surface area contributed by atoms with Crippen LogP contribution in [0, 0.1) is 0 Å². The lowest BCUT2D eigenvalue weighted by atomic mass is 9.94. The summed E-state index contributed by atoms with van der Waals surface area (Å²) in [7, 11) is 0. The van der Waals surface area contributed by atoms with Gasteiger partial charge in [-0.3, -0.25) is 4.90 Å². The van der Waals surface area contributed by atoms with Gasteiger partial charge in [-0.25, -0.2) is 0 Å². The summed E-state index contributed by atoms with van der Waals surface area (Å²) in [6.07, 6.45) is 18.3. The number of aliphatic hydroxyl groups is 1. The quantitative estimate of drug-likeness (QED) is 0.780. The van der Waals surface area contributed by atoms with Crippen molar-refractivity contribution in [3.8, 4) is 0 Å². The van der Waals surface area contributed by atoms with Gasteiger partial charge in [0.2, 0.25) is 0 Å². The van der Waals surface area contributed by atoms with Gasteiger partial charge in [0.05, 0.1) is 6.10 Å². The Morgan fingerprint density at radius 2 is 1.38 bits per heavy atom. The second-order valence-electron chi connectivity index (χ2n) is 7.36. The molecule has 0 spiro atoms. The summed E-state index contributed by atoms with van der Waals surface area (Å²) in [5.41, 5.74) is 0. The zero-order valence-corrected chi connectivity index (χ0v) is 14.2. The van der Waals surface area contributed by atoms with Crippen molar-refractivity contribution in [2.45, 2.75) is 115 Å². The van der Waals surface area contributed by atoms with Crippen LogP contribution in [-0.2, 0) is 0 Å². The molecule has 2 unspecified atom stereocenters. The Morgan fingerprint density at radius 1 is 0.810 bits per heavy atom. The molecule has 0 heterocycles. The number of unbranched alkanes of at least 4 members (excludes halogenated alkanes) is 1. The third kappa shape index (κ3) is 6.28. The van der Waals surface area contributed by atoms with Crippen LogP contribution in [0.4, 0.5) is 0 Å². The van der Waals surface area contributed by atoms with Gasteiger partial charge in [-0.05, 0) is 38.6 Å². The Hall–Kier alpha value is -0.0800. The summed E-state index contributed by atoms with van der Waals surface area (Å²) in [4.78, 5) is 2.69. The van der Waals surface area contributed by atoms with E-state index in [4.69, 9.17) is 0 Å². The average molecular weight is 296 g/mol. The van der Waals surface area contributed by atoms with Crippen molar-refractivity contribution in [3.05, 3.63) is 0 Å². The van der Waals surface area contributed by atoms with Crippen LogP contribution in [-0.4, -0.2) is 34.7 Å². The SMILES string of the molecule is CCCCN(C1CC1)C1CCCCCCCCCCC1O. The molecule has 0 radical (unpaired) electrons. The Labute approximate surface area is 132 Å². The van der Waals surface area contributed by atoms with Crippen LogP contribution in [0.25, 0.3) is 0 Å². The fourth-order valence-electron chi connectivity index (χ4n) is 3.91. The van der Waals surface area contributed by atoms with Gasteiger partial charge in [-0.2, -0.15) is 0 Å². The van der Waals surface area contributed by atoms with Crippen LogP contribution in [0.3, 0.4) is 0 Å². The summed E-state index contributed by atoms with van der Waals surface area (Å²) >= 11 is 0. The first-order valence-corrected chi connectivity index (χ1v) is 9.76. The molecule has 124 valence electrons. The van der Waals surface area contributed by atoms with E-state index in [2.05, 4.69) is 11.8 Å². The normalized spacial score (nSPS) is 29.9. The highest BCUT2D eigenvalue weighted by Crippen LogP contribution is 2.32. The van der Waals surface area contributed by atoms with Crippen LogP contribution in [0.1, 0.15) is 96.8 Å². The third-order valence-electron chi connectivity index (χ3n) is 5.41. The van der Waals surface area contributed by atoms with Crippen molar-refractivity contribution in [3.63, 3.8) is 0 Å². The van der Waals surface area contributed by atoms with Gasteiger partial charge in [-0.15, -0.1) is 0 Å². The Morgan fingerprint density at radius 3 is 1.95 bits per heavy atom. The minimum atomic E-state index is -0.0816. The molecule has 2 aliphatic carbocycles. The highest BCUT2D eigenvalue weighted by atomic mass is 16.3. The maximum Gasteiger partial charge on any atom is 0.0695 e. The number of rotatable bonds is 5. The largest absolute Gasteiger partial charge is 0.391 e. The predicted molar refractivity (Wildman–Crippen MR) is 90.6 cm³/mol. The van der Waals surface area contributed by atoms with Crippen molar-refractivity contribution in [1.82, 2.24) is 4.90 Å². The highest BCUT2D eigenvalue weighted by Gasteiger charge is 2.36. The van der Waals surface area contributed by atoms with E-state index in [0.29, 0.717) is 6.04 Å².